The van der Waals surface area contributed by atoms with E-state index in [-0.39, 0.29) is 0 Å². The number of fused-ring (bicyclic) bond motifs is 7. The van der Waals surface area contributed by atoms with Crippen molar-refractivity contribution in [2.45, 2.75) is 0 Å². The van der Waals surface area contributed by atoms with Crippen molar-refractivity contribution in [3.05, 3.63) is 243 Å². The highest BCUT2D eigenvalue weighted by Crippen LogP contribution is 2.43. The van der Waals surface area contributed by atoms with Gasteiger partial charge in [-0.05, 0) is 121 Å². The van der Waals surface area contributed by atoms with E-state index >= 15 is 0 Å². The van der Waals surface area contributed by atoms with Crippen LogP contribution in [0.1, 0.15) is 0 Å². The molecule has 0 unspecified atom stereocenters. The summed E-state index contributed by atoms with van der Waals surface area (Å²) < 4.78 is 2.38. The third-order valence-corrected chi connectivity index (χ3v) is 12.6. The first-order valence-corrected chi connectivity index (χ1v) is 21.3. The molecule has 0 saturated carbocycles. The van der Waals surface area contributed by atoms with Gasteiger partial charge in [0.2, 0.25) is 0 Å². The number of para-hydroxylation sites is 2. The van der Waals surface area contributed by atoms with Gasteiger partial charge in [0.25, 0.3) is 0 Å². The lowest BCUT2D eigenvalue weighted by atomic mass is 9.92. The van der Waals surface area contributed by atoms with E-state index in [1.165, 1.54) is 87.5 Å². The molecule has 12 aromatic rings. The van der Waals surface area contributed by atoms with Crippen molar-refractivity contribution in [2.75, 3.05) is 4.90 Å². The number of nitrogens with zero attached hydrogens (tertiary/aromatic N) is 2. The summed E-state index contributed by atoms with van der Waals surface area (Å²) in [5, 5.41) is 10.0. The Labute approximate surface area is 360 Å². The molecule has 2 heteroatoms. The third-order valence-electron chi connectivity index (χ3n) is 12.6. The monoisotopic (exact) mass is 788 g/mol. The maximum Gasteiger partial charge on any atom is 0.0541 e. The Morgan fingerprint density at radius 1 is 0.274 bits per heavy atom. The summed E-state index contributed by atoms with van der Waals surface area (Å²) >= 11 is 0. The molecule has 0 atom stereocenters. The summed E-state index contributed by atoms with van der Waals surface area (Å²) in [5.74, 6) is 0. The molecule has 0 spiro atoms. The standard InChI is InChI=1S/C60H40N2/c1-2-14-43(15-3-1)50-38-39-60(54-21-9-8-19-52(50)54)61(47-34-36-48(37-35-47)62-58-24-12-10-22-55(58)56-23-11-13-25-59(56)62)46-32-30-42(31-33-46)41-26-28-44(29-27-41)57-40-45-16-4-5-17-49(45)51-18-6-7-20-53(51)57/h1-40H. The summed E-state index contributed by atoms with van der Waals surface area (Å²) in [6.07, 6.45) is 0. The van der Waals surface area contributed by atoms with Crippen LogP contribution < -0.4 is 4.90 Å². The highest BCUT2D eigenvalue weighted by atomic mass is 15.1. The second kappa shape index (κ2) is 14.8. The van der Waals surface area contributed by atoms with Gasteiger partial charge in [-0.25, -0.2) is 0 Å². The average Bonchev–Trinajstić information content (AvgIpc) is 3.69. The first-order chi connectivity index (χ1) is 30.8. The van der Waals surface area contributed by atoms with Crippen molar-refractivity contribution >= 4 is 71.2 Å². The largest absolute Gasteiger partial charge is 0.310 e. The summed E-state index contributed by atoms with van der Waals surface area (Å²) in [5.41, 5.74) is 14.1. The van der Waals surface area contributed by atoms with Crippen LogP contribution in [0.2, 0.25) is 0 Å². The fraction of sp³-hybridized carbons (Fsp3) is 0. The van der Waals surface area contributed by atoms with Gasteiger partial charge in [0.1, 0.15) is 0 Å². The summed E-state index contributed by atoms with van der Waals surface area (Å²) in [7, 11) is 0. The summed E-state index contributed by atoms with van der Waals surface area (Å²) in [6, 6.07) is 88.4. The van der Waals surface area contributed by atoms with Crippen LogP contribution in [-0.4, -0.2) is 4.57 Å². The fourth-order valence-electron chi connectivity index (χ4n) is 9.66. The van der Waals surface area contributed by atoms with Crippen LogP contribution in [0, 0.1) is 0 Å². The number of aromatic nitrogens is 1. The molecule has 1 heterocycles. The number of hydrogen-bond donors (Lipinski definition) is 0. The second-order valence-corrected chi connectivity index (χ2v) is 16.1. The van der Waals surface area contributed by atoms with Gasteiger partial charge in [0, 0.05) is 33.2 Å². The predicted molar refractivity (Wildman–Crippen MR) is 264 cm³/mol. The molecule has 12 rings (SSSR count). The Balaban J connectivity index is 0.954. The van der Waals surface area contributed by atoms with Crippen molar-refractivity contribution in [2.24, 2.45) is 0 Å². The van der Waals surface area contributed by atoms with Crippen LogP contribution in [0.3, 0.4) is 0 Å². The van der Waals surface area contributed by atoms with Crippen LogP contribution in [0.15, 0.2) is 243 Å². The Morgan fingerprint density at radius 2 is 0.726 bits per heavy atom. The zero-order valence-corrected chi connectivity index (χ0v) is 34.0. The normalized spacial score (nSPS) is 11.5. The van der Waals surface area contributed by atoms with E-state index in [1.807, 2.05) is 0 Å². The number of anilines is 3. The van der Waals surface area contributed by atoms with Gasteiger partial charge < -0.3 is 9.47 Å². The minimum Gasteiger partial charge on any atom is -0.310 e. The van der Waals surface area contributed by atoms with Crippen LogP contribution in [0.25, 0.3) is 93.2 Å². The molecule has 0 aliphatic heterocycles. The van der Waals surface area contributed by atoms with E-state index in [9.17, 15) is 0 Å². The number of rotatable bonds is 7. The number of hydrogen-bond acceptors (Lipinski definition) is 1. The van der Waals surface area contributed by atoms with Crippen molar-refractivity contribution in [1.29, 1.82) is 0 Å². The SMILES string of the molecule is c1ccc(-c2ccc(N(c3ccc(-c4ccc(-c5cc6ccccc6c6ccccc56)cc4)cc3)c3ccc(-n4c5ccccc5c5ccccc54)cc3)c3ccccc23)cc1. The zero-order valence-electron chi connectivity index (χ0n) is 34.0. The van der Waals surface area contributed by atoms with E-state index in [2.05, 4.69) is 252 Å². The van der Waals surface area contributed by atoms with Crippen LogP contribution >= 0.6 is 0 Å². The van der Waals surface area contributed by atoms with E-state index < -0.39 is 0 Å². The Hall–Kier alpha value is -8.20. The minimum absolute atomic E-state index is 1.09. The topological polar surface area (TPSA) is 8.17 Å². The molecular weight excluding hydrogens is 749 g/mol. The van der Waals surface area contributed by atoms with Gasteiger partial charge in [0.15, 0.2) is 0 Å². The predicted octanol–water partition coefficient (Wildman–Crippen LogP) is 16.7. The molecule has 290 valence electrons. The number of benzene rings is 11. The molecule has 0 radical (unpaired) electrons. The molecule has 0 bridgehead atoms. The molecule has 0 aliphatic rings. The van der Waals surface area contributed by atoms with Gasteiger partial charge in [-0.3, -0.25) is 0 Å². The summed E-state index contributed by atoms with van der Waals surface area (Å²) in [4.78, 5) is 2.41. The van der Waals surface area contributed by atoms with Crippen molar-refractivity contribution in [1.82, 2.24) is 4.57 Å². The van der Waals surface area contributed by atoms with Gasteiger partial charge in [-0.15, -0.1) is 0 Å². The molecule has 1 aromatic heterocycles. The molecular formula is C60H40N2. The molecule has 11 aromatic carbocycles. The molecule has 0 fully saturated rings. The quantitative estimate of drug-likeness (QED) is 0.146. The van der Waals surface area contributed by atoms with Crippen LogP contribution in [0.5, 0.6) is 0 Å². The van der Waals surface area contributed by atoms with Gasteiger partial charge in [-0.2, -0.15) is 0 Å². The average molecular weight is 789 g/mol. The van der Waals surface area contributed by atoms with Crippen LogP contribution in [-0.2, 0) is 0 Å². The van der Waals surface area contributed by atoms with Gasteiger partial charge in [-0.1, -0.05) is 182 Å². The maximum absolute atomic E-state index is 2.41. The third kappa shape index (κ3) is 5.96. The van der Waals surface area contributed by atoms with E-state index in [4.69, 9.17) is 0 Å². The lowest BCUT2D eigenvalue weighted by molar-refractivity contribution is 1.17. The fourth-order valence-corrected chi connectivity index (χ4v) is 9.66. The molecule has 0 N–H and O–H groups in total. The first-order valence-electron chi connectivity index (χ1n) is 21.3. The van der Waals surface area contributed by atoms with E-state index in [0.29, 0.717) is 0 Å². The summed E-state index contributed by atoms with van der Waals surface area (Å²) in [6.45, 7) is 0. The maximum atomic E-state index is 2.41. The van der Waals surface area contributed by atoms with E-state index in [1.54, 1.807) is 0 Å². The van der Waals surface area contributed by atoms with Gasteiger partial charge in [0.05, 0.1) is 16.7 Å². The van der Waals surface area contributed by atoms with Gasteiger partial charge >= 0.3 is 0 Å². The van der Waals surface area contributed by atoms with Crippen LogP contribution in [0.4, 0.5) is 17.1 Å². The molecule has 62 heavy (non-hydrogen) atoms. The Bertz CT molecular complexity index is 3550. The smallest absolute Gasteiger partial charge is 0.0541 e. The first kappa shape index (κ1) is 35.7. The molecule has 0 saturated heterocycles. The van der Waals surface area contributed by atoms with Crippen molar-refractivity contribution in [3.8, 4) is 39.1 Å². The Kier molecular flexibility index (Phi) is 8.53. The minimum atomic E-state index is 1.09. The highest BCUT2D eigenvalue weighted by molar-refractivity contribution is 6.14. The second-order valence-electron chi connectivity index (χ2n) is 16.1. The van der Waals surface area contributed by atoms with Crippen molar-refractivity contribution < 1.29 is 0 Å². The Morgan fingerprint density at radius 3 is 1.37 bits per heavy atom. The molecule has 0 amide bonds. The van der Waals surface area contributed by atoms with Crippen molar-refractivity contribution in [3.63, 3.8) is 0 Å². The molecule has 0 aliphatic carbocycles. The highest BCUT2D eigenvalue weighted by Gasteiger charge is 2.19. The lowest BCUT2D eigenvalue weighted by Gasteiger charge is -2.28. The zero-order chi connectivity index (χ0) is 41.0. The van der Waals surface area contributed by atoms with E-state index in [0.717, 1.165) is 22.7 Å². The molecule has 2 nitrogen and oxygen atoms in total. The lowest BCUT2D eigenvalue weighted by Crippen LogP contribution is -2.11.